The van der Waals surface area contributed by atoms with Gasteiger partial charge in [0, 0.05) is 24.6 Å². The molecule has 4 heteroatoms. The van der Waals surface area contributed by atoms with Crippen LogP contribution in [0.25, 0.3) is 0 Å². The highest BCUT2D eigenvalue weighted by Gasteiger charge is 2.07. The Morgan fingerprint density at radius 3 is 2.73 bits per heavy atom. The number of aryl methyl sites for hydroxylation is 1. The molecule has 1 aromatic carbocycles. The smallest absolute Gasteiger partial charge is 0.257 e. The Bertz CT molecular complexity index is 638. The molecule has 0 aliphatic carbocycles. The summed E-state index contributed by atoms with van der Waals surface area (Å²) in [6.07, 6.45) is 4.41. The van der Waals surface area contributed by atoms with Crippen molar-refractivity contribution >= 4 is 17.3 Å². The molecule has 0 fully saturated rings. The van der Waals surface area contributed by atoms with Crippen LogP contribution in [0.15, 0.2) is 42.7 Å². The standard InChI is InChI=1S/C18H23N3O/c1-13(2)7-8-20-17-10-15(11-19-12-17)18(22)21-16-6-4-5-14(3)9-16/h4-6,9-13,20H,7-8H2,1-3H3,(H,21,22). The van der Waals surface area contributed by atoms with E-state index in [2.05, 4.69) is 29.5 Å². The molecule has 0 unspecified atom stereocenters. The van der Waals surface area contributed by atoms with Gasteiger partial charge >= 0.3 is 0 Å². The first-order valence-corrected chi connectivity index (χ1v) is 7.61. The maximum Gasteiger partial charge on any atom is 0.257 e. The Hall–Kier alpha value is -2.36. The average Bonchev–Trinajstić information content (AvgIpc) is 2.47. The van der Waals surface area contributed by atoms with Crippen molar-refractivity contribution in [3.8, 4) is 0 Å². The lowest BCUT2D eigenvalue weighted by atomic mass is 10.1. The number of rotatable bonds is 6. The molecular formula is C18H23N3O. The summed E-state index contributed by atoms with van der Waals surface area (Å²) in [4.78, 5) is 16.4. The number of anilines is 2. The number of amides is 1. The van der Waals surface area contributed by atoms with Gasteiger partial charge in [0.25, 0.3) is 5.91 Å². The summed E-state index contributed by atoms with van der Waals surface area (Å²) in [6.45, 7) is 7.25. The molecule has 2 rings (SSSR count). The summed E-state index contributed by atoms with van der Waals surface area (Å²) < 4.78 is 0. The van der Waals surface area contributed by atoms with Gasteiger partial charge in [0.15, 0.2) is 0 Å². The molecule has 1 aromatic heterocycles. The van der Waals surface area contributed by atoms with Gasteiger partial charge in [-0.25, -0.2) is 0 Å². The molecule has 0 spiro atoms. The van der Waals surface area contributed by atoms with E-state index in [9.17, 15) is 4.79 Å². The minimum Gasteiger partial charge on any atom is -0.384 e. The Morgan fingerprint density at radius 2 is 2.00 bits per heavy atom. The van der Waals surface area contributed by atoms with Gasteiger partial charge in [0.05, 0.1) is 11.3 Å². The number of carbonyl (C=O) groups excluding carboxylic acids is 1. The van der Waals surface area contributed by atoms with Crippen molar-refractivity contribution in [3.63, 3.8) is 0 Å². The van der Waals surface area contributed by atoms with Crippen molar-refractivity contribution < 1.29 is 4.79 Å². The largest absolute Gasteiger partial charge is 0.384 e. The summed E-state index contributed by atoms with van der Waals surface area (Å²) in [7, 11) is 0. The van der Waals surface area contributed by atoms with Gasteiger partial charge in [0.2, 0.25) is 0 Å². The van der Waals surface area contributed by atoms with Crippen LogP contribution in [0.1, 0.15) is 36.2 Å². The second-order valence-electron chi connectivity index (χ2n) is 5.90. The molecule has 0 aliphatic heterocycles. The van der Waals surface area contributed by atoms with Crippen molar-refractivity contribution in [2.45, 2.75) is 27.2 Å². The molecule has 0 radical (unpaired) electrons. The van der Waals surface area contributed by atoms with Crippen molar-refractivity contribution in [2.24, 2.45) is 5.92 Å². The summed E-state index contributed by atoms with van der Waals surface area (Å²) >= 11 is 0. The highest BCUT2D eigenvalue weighted by Crippen LogP contribution is 2.14. The number of nitrogens with zero attached hydrogens (tertiary/aromatic N) is 1. The third-order valence-electron chi connectivity index (χ3n) is 3.33. The lowest BCUT2D eigenvalue weighted by molar-refractivity contribution is 0.102. The summed E-state index contributed by atoms with van der Waals surface area (Å²) in [5, 5.41) is 6.20. The van der Waals surface area contributed by atoms with Gasteiger partial charge in [-0.15, -0.1) is 0 Å². The fourth-order valence-corrected chi connectivity index (χ4v) is 2.09. The molecule has 0 saturated carbocycles. The number of pyridine rings is 1. The van der Waals surface area contributed by atoms with E-state index >= 15 is 0 Å². The van der Waals surface area contributed by atoms with Crippen LogP contribution in [-0.2, 0) is 0 Å². The molecule has 1 heterocycles. The number of hydrogen-bond donors (Lipinski definition) is 2. The molecular weight excluding hydrogens is 274 g/mol. The molecule has 4 nitrogen and oxygen atoms in total. The Kier molecular flexibility index (Phi) is 5.53. The zero-order valence-corrected chi connectivity index (χ0v) is 13.4. The monoisotopic (exact) mass is 297 g/mol. The predicted molar refractivity (Wildman–Crippen MR) is 91.3 cm³/mol. The first-order valence-electron chi connectivity index (χ1n) is 7.61. The second kappa shape index (κ2) is 7.59. The van der Waals surface area contributed by atoms with Crippen LogP contribution in [0.5, 0.6) is 0 Å². The molecule has 1 amide bonds. The third kappa shape index (κ3) is 4.88. The number of benzene rings is 1. The Labute approximate surface area is 132 Å². The van der Waals surface area contributed by atoms with Crippen molar-refractivity contribution in [2.75, 3.05) is 17.2 Å². The number of hydrogen-bond acceptors (Lipinski definition) is 3. The van der Waals surface area contributed by atoms with Gasteiger partial charge in [-0.1, -0.05) is 26.0 Å². The summed E-state index contributed by atoms with van der Waals surface area (Å²) in [6, 6.07) is 9.57. The first kappa shape index (κ1) is 16.0. The average molecular weight is 297 g/mol. The normalized spacial score (nSPS) is 10.5. The van der Waals surface area contributed by atoms with Gasteiger partial charge in [-0.3, -0.25) is 9.78 Å². The van der Waals surface area contributed by atoms with Crippen LogP contribution in [-0.4, -0.2) is 17.4 Å². The van der Waals surface area contributed by atoms with Crippen LogP contribution >= 0.6 is 0 Å². The predicted octanol–water partition coefficient (Wildman–Crippen LogP) is 4.10. The zero-order chi connectivity index (χ0) is 15.9. The van der Waals surface area contributed by atoms with Gasteiger partial charge in [-0.2, -0.15) is 0 Å². The lowest BCUT2D eigenvalue weighted by Gasteiger charge is -2.10. The summed E-state index contributed by atoms with van der Waals surface area (Å²) in [5.74, 6) is 0.499. The Morgan fingerprint density at radius 1 is 1.18 bits per heavy atom. The van der Waals surface area contributed by atoms with E-state index in [-0.39, 0.29) is 5.91 Å². The third-order valence-corrected chi connectivity index (χ3v) is 3.33. The van der Waals surface area contributed by atoms with Crippen molar-refractivity contribution in [1.29, 1.82) is 0 Å². The highest BCUT2D eigenvalue weighted by atomic mass is 16.1. The second-order valence-corrected chi connectivity index (χ2v) is 5.90. The molecule has 2 N–H and O–H groups in total. The topological polar surface area (TPSA) is 54.0 Å². The first-order chi connectivity index (χ1) is 10.5. The minimum atomic E-state index is -0.148. The van der Waals surface area contributed by atoms with E-state index < -0.39 is 0 Å². The molecule has 22 heavy (non-hydrogen) atoms. The molecule has 0 atom stereocenters. The van der Waals surface area contributed by atoms with Crippen LogP contribution in [0.3, 0.4) is 0 Å². The molecule has 0 bridgehead atoms. The van der Waals surface area contributed by atoms with Crippen LogP contribution in [0, 0.1) is 12.8 Å². The number of aromatic nitrogens is 1. The number of nitrogens with one attached hydrogen (secondary N) is 2. The molecule has 116 valence electrons. The maximum atomic E-state index is 12.3. The highest BCUT2D eigenvalue weighted by molar-refractivity contribution is 6.04. The van der Waals surface area contributed by atoms with Crippen LogP contribution in [0.2, 0.25) is 0 Å². The Balaban J connectivity index is 2.00. The van der Waals surface area contributed by atoms with E-state index in [1.165, 1.54) is 0 Å². The minimum absolute atomic E-state index is 0.148. The zero-order valence-electron chi connectivity index (χ0n) is 13.4. The lowest BCUT2D eigenvalue weighted by Crippen LogP contribution is -2.13. The molecule has 0 aliphatic rings. The van der Waals surface area contributed by atoms with E-state index in [4.69, 9.17) is 0 Å². The molecule has 0 saturated heterocycles. The van der Waals surface area contributed by atoms with E-state index in [0.717, 1.165) is 29.9 Å². The van der Waals surface area contributed by atoms with Gasteiger partial charge in [-0.05, 0) is 43.0 Å². The molecule has 2 aromatic rings. The number of carbonyl (C=O) groups is 1. The maximum absolute atomic E-state index is 12.3. The van der Waals surface area contributed by atoms with Crippen LogP contribution < -0.4 is 10.6 Å². The van der Waals surface area contributed by atoms with Crippen LogP contribution in [0.4, 0.5) is 11.4 Å². The SMILES string of the molecule is Cc1cccc(NC(=O)c2cncc(NCCC(C)C)c2)c1. The van der Waals surface area contributed by atoms with Gasteiger partial charge in [0.1, 0.15) is 0 Å². The summed E-state index contributed by atoms with van der Waals surface area (Å²) in [5.41, 5.74) is 3.33. The van der Waals surface area contributed by atoms with Crippen molar-refractivity contribution in [1.82, 2.24) is 4.98 Å². The fourth-order valence-electron chi connectivity index (χ4n) is 2.09. The fraction of sp³-hybridized carbons (Fsp3) is 0.333. The van der Waals surface area contributed by atoms with E-state index in [1.54, 1.807) is 12.4 Å². The van der Waals surface area contributed by atoms with E-state index in [0.29, 0.717) is 11.5 Å². The van der Waals surface area contributed by atoms with Gasteiger partial charge < -0.3 is 10.6 Å². The quantitative estimate of drug-likeness (QED) is 0.844. The van der Waals surface area contributed by atoms with Crippen molar-refractivity contribution in [3.05, 3.63) is 53.9 Å². The van der Waals surface area contributed by atoms with E-state index in [1.807, 2.05) is 37.3 Å².